The van der Waals surface area contributed by atoms with E-state index in [0.29, 0.717) is 31.0 Å². The Labute approximate surface area is 163 Å². The molecule has 7 heteroatoms. The molecule has 6 nitrogen and oxygen atoms in total. The van der Waals surface area contributed by atoms with E-state index in [-0.39, 0.29) is 11.8 Å². The van der Waals surface area contributed by atoms with Crippen LogP contribution in [-0.4, -0.2) is 65.8 Å². The summed E-state index contributed by atoms with van der Waals surface area (Å²) < 4.78 is 5.48. The van der Waals surface area contributed by atoms with Crippen LogP contribution in [0.15, 0.2) is 21.9 Å². The topological polar surface area (TPSA) is 57.0 Å². The number of amides is 2. The third-order valence-corrected chi connectivity index (χ3v) is 6.47. The van der Waals surface area contributed by atoms with Gasteiger partial charge in [0, 0.05) is 44.1 Å². The van der Waals surface area contributed by atoms with E-state index in [1.165, 1.54) is 10.4 Å². The summed E-state index contributed by atoms with van der Waals surface area (Å²) in [6.07, 6.45) is 0.963. The zero-order valence-corrected chi connectivity index (χ0v) is 16.7. The van der Waals surface area contributed by atoms with E-state index in [0.717, 1.165) is 38.4 Å². The van der Waals surface area contributed by atoms with Crippen LogP contribution in [0.1, 0.15) is 32.3 Å². The average Bonchev–Trinajstić information content (AvgIpc) is 3.26. The maximum Gasteiger partial charge on any atom is 0.257 e. The number of rotatable bonds is 3. The molecule has 0 saturated carbocycles. The molecule has 0 radical (unpaired) electrons. The lowest BCUT2D eigenvalue weighted by molar-refractivity contribution is -0.133. The maximum absolute atomic E-state index is 12.7. The van der Waals surface area contributed by atoms with E-state index < -0.39 is 0 Å². The van der Waals surface area contributed by atoms with E-state index in [1.54, 1.807) is 11.3 Å². The Morgan fingerprint density at radius 3 is 2.59 bits per heavy atom. The van der Waals surface area contributed by atoms with E-state index in [4.69, 9.17) is 4.42 Å². The predicted octanol–water partition coefficient (Wildman–Crippen LogP) is 2.30. The van der Waals surface area contributed by atoms with Gasteiger partial charge in [0.1, 0.15) is 11.5 Å². The molecule has 0 unspecified atom stereocenters. The SMILES string of the molecule is Cc1cc(C(=O)N2CCN(CC(=O)N3CCc4sccc4C3)CC2)c(C)o1. The number of piperazine rings is 1. The standard InChI is InChI=1S/C20H25N3O3S/c1-14-11-17(15(2)26-14)20(25)22-8-6-21(7-9-22)13-19(24)23-5-3-18-16(12-23)4-10-27-18/h4,10-11H,3,5-9,12-13H2,1-2H3. The van der Waals surface area contributed by atoms with Crippen LogP contribution in [0.5, 0.6) is 0 Å². The van der Waals surface area contributed by atoms with Crippen LogP contribution in [-0.2, 0) is 17.8 Å². The number of furan rings is 1. The minimum atomic E-state index is 0.0244. The molecule has 4 rings (SSSR count). The van der Waals surface area contributed by atoms with Crippen molar-refractivity contribution in [3.63, 3.8) is 0 Å². The summed E-state index contributed by atoms with van der Waals surface area (Å²) in [6.45, 7) is 8.40. The molecule has 2 aliphatic heterocycles. The van der Waals surface area contributed by atoms with Gasteiger partial charge in [0.15, 0.2) is 0 Å². The van der Waals surface area contributed by atoms with Crippen molar-refractivity contribution in [2.24, 2.45) is 0 Å². The van der Waals surface area contributed by atoms with E-state index >= 15 is 0 Å². The van der Waals surface area contributed by atoms with Crippen molar-refractivity contribution in [1.82, 2.24) is 14.7 Å². The van der Waals surface area contributed by atoms with Gasteiger partial charge >= 0.3 is 0 Å². The molecule has 0 aromatic carbocycles. The molecule has 1 fully saturated rings. The van der Waals surface area contributed by atoms with Crippen molar-refractivity contribution >= 4 is 23.2 Å². The Balaban J connectivity index is 1.29. The van der Waals surface area contributed by atoms with Gasteiger partial charge in [0.25, 0.3) is 5.91 Å². The molecular formula is C20H25N3O3S. The quantitative estimate of drug-likeness (QED) is 0.811. The summed E-state index contributed by atoms with van der Waals surface area (Å²) in [7, 11) is 0. The molecule has 1 saturated heterocycles. The first kappa shape index (κ1) is 18.3. The predicted molar refractivity (Wildman–Crippen MR) is 104 cm³/mol. The zero-order valence-electron chi connectivity index (χ0n) is 15.9. The first-order valence-corrected chi connectivity index (χ1v) is 10.3. The van der Waals surface area contributed by atoms with E-state index in [9.17, 15) is 9.59 Å². The molecular weight excluding hydrogens is 362 g/mol. The highest BCUT2D eigenvalue weighted by atomic mass is 32.1. The fraction of sp³-hybridized carbons (Fsp3) is 0.500. The first-order valence-electron chi connectivity index (χ1n) is 9.43. The van der Waals surface area contributed by atoms with Crippen LogP contribution in [0.3, 0.4) is 0 Å². The van der Waals surface area contributed by atoms with Crippen molar-refractivity contribution in [2.45, 2.75) is 26.8 Å². The molecule has 2 aromatic rings. The second kappa shape index (κ2) is 7.48. The maximum atomic E-state index is 12.7. The lowest BCUT2D eigenvalue weighted by atomic mass is 10.1. The molecule has 144 valence electrons. The van der Waals surface area contributed by atoms with Crippen molar-refractivity contribution in [1.29, 1.82) is 0 Å². The van der Waals surface area contributed by atoms with Crippen LogP contribution in [0, 0.1) is 13.8 Å². The summed E-state index contributed by atoms with van der Waals surface area (Å²) in [5, 5.41) is 2.11. The highest BCUT2D eigenvalue weighted by Crippen LogP contribution is 2.24. The monoisotopic (exact) mass is 387 g/mol. The summed E-state index contributed by atoms with van der Waals surface area (Å²) in [4.78, 5) is 32.7. The Bertz CT molecular complexity index is 849. The summed E-state index contributed by atoms with van der Waals surface area (Å²) >= 11 is 1.79. The Hall–Kier alpha value is -2.12. The zero-order chi connectivity index (χ0) is 19.0. The molecule has 27 heavy (non-hydrogen) atoms. The smallest absolute Gasteiger partial charge is 0.257 e. The van der Waals surface area contributed by atoms with E-state index in [2.05, 4.69) is 16.3 Å². The normalized spacial score (nSPS) is 17.9. The number of thiophene rings is 1. The van der Waals surface area contributed by atoms with Gasteiger partial charge in [-0.25, -0.2) is 0 Å². The molecule has 0 bridgehead atoms. The lowest BCUT2D eigenvalue weighted by Gasteiger charge is -2.36. The van der Waals surface area contributed by atoms with Gasteiger partial charge < -0.3 is 14.2 Å². The number of nitrogens with zero attached hydrogens (tertiary/aromatic N) is 3. The van der Waals surface area contributed by atoms with Gasteiger partial charge in [-0.2, -0.15) is 0 Å². The Kier molecular flexibility index (Phi) is 5.06. The molecule has 2 aromatic heterocycles. The highest BCUT2D eigenvalue weighted by molar-refractivity contribution is 7.10. The third-order valence-electron chi connectivity index (χ3n) is 5.45. The number of hydrogen-bond donors (Lipinski definition) is 0. The molecule has 0 N–H and O–H groups in total. The van der Waals surface area contributed by atoms with Crippen molar-refractivity contribution in [3.8, 4) is 0 Å². The number of carbonyl (C=O) groups excluding carboxylic acids is 2. The fourth-order valence-electron chi connectivity index (χ4n) is 3.88. The van der Waals surface area contributed by atoms with Crippen LogP contribution in [0.25, 0.3) is 0 Å². The molecule has 2 aliphatic rings. The van der Waals surface area contributed by atoms with Gasteiger partial charge in [-0.3, -0.25) is 14.5 Å². The number of carbonyl (C=O) groups is 2. The van der Waals surface area contributed by atoms with Crippen molar-refractivity contribution in [3.05, 3.63) is 45.0 Å². The number of aryl methyl sites for hydroxylation is 2. The van der Waals surface area contributed by atoms with Gasteiger partial charge in [0.05, 0.1) is 12.1 Å². The minimum Gasteiger partial charge on any atom is -0.466 e. The first-order chi connectivity index (χ1) is 13.0. The van der Waals surface area contributed by atoms with E-state index in [1.807, 2.05) is 29.7 Å². The number of fused-ring (bicyclic) bond motifs is 1. The molecule has 0 aliphatic carbocycles. The summed E-state index contributed by atoms with van der Waals surface area (Å²) in [6, 6.07) is 3.94. The van der Waals surface area contributed by atoms with Crippen molar-refractivity contribution in [2.75, 3.05) is 39.3 Å². The molecule has 4 heterocycles. The second-order valence-corrected chi connectivity index (χ2v) is 8.33. The van der Waals surface area contributed by atoms with Crippen molar-refractivity contribution < 1.29 is 14.0 Å². The summed E-state index contributed by atoms with van der Waals surface area (Å²) in [5.74, 6) is 1.65. The molecule has 0 spiro atoms. The van der Waals surface area contributed by atoms with Crippen LogP contribution >= 0.6 is 11.3 Å². The highest BCUT2D eigenvalue weighted by Gasteiger charge is 2.27. The van der Waals surface area contributed by atoms with Crippen LogP contribution < -0.4 is 0 Å². The van der Waals surface area contributed by atoms with Crippen LogP contribution in [0.4, 0.5) is 0 Å². The largest absolute Gasteiger partial charge is 0.466 e. The van der Waals surface area contributed by atoms with Gasteiger partial charge in [-0.05, 0) is 43.3 Å². The molecule has 0 atom stereocenters. The summed E-state index contributed by atoms with van der Waals surface area (Å²) in [5.41, 5.74) is 1.94. The Morgan fingerprint density at radius 2 is 1.89 bits per heavy atom. The lowest BCUT2D eigenvalue weighted by Crippen LogP contribution is -2.52. The van der Waals surface area contributed by atoms with Gasteiger partial charge in [-0.1, -0.05) is 0 Å². The third kappa shape index (κ3) is 3.80. The van der Waals surface area contributed by atoms with Gasteiger partial charge in [-0.15, -0.1) is 11.3 Å². The minimum absolute atomic E-state index is 0.0244. The fourth-order valence-corrected chi connectivity index (χ4v) is 4.76. The molecule has 2 amide bonds. The van der Waals surface area contributed by atoms with Crippen LogP contribution in [0.2, 0.25) is 0 Å². The number of hydrogen-bond acceptors (Lipinski definition) is 5. The Morgan fingerprint density at radius 1 is 1.11 bits per heavy atom. The average molecular weight is 388 g/mol. The van der Waals surface area contributed by atoms with Gasteiger partial charge in [0.2, 0.25) is 5.91 Å². The second-order valence-electron chi connectivity index (χ2n) is 7.33.